The molecule has 0 bridgehead atoms. The van der Waals surface area contributed by atoms with Gasteiger partial charge in [0, 0.05) is 16.1 Å². The van der Waals surface area contributed by atoms with Crippen molar-refractivity contribution in [3.8, 4) is 0 Å². The quantitative estimate of drug-likeness (QED) is 0.866. The summed E-state index contributed by atoms with van der Waals surface area (Å²) in [6, 6.07) is 3.81. The van der Waals surface area contributed by atoms with Gasteiger partial charge in [0.2, 0.25) is 0 Å². The lowest BCUT2D eigenvalue weighted by atomic mass is 10.1. The number of nitrogen functional groups attached to an aromatic ring is 1. The van der Waals surface area contributed by atoms with Gasteiger partial charge in [0.1, 0.15) is 5.56 Å². The van der Waals surface area contributed by atoms with Gasteiger partial charge in [-0.2, -0.15) is 0 Å². The lowest BCUT2D eigenvalue weighted by molar-refractivity contribution is 0.0527. The van der Waals surface area contributed by atoms with E-state index >= 15 is 0 Å². The number of nitrogens with zero attached hydrogens (tertiary/aromatic N) is 1. The van der Waals surface area contributed by atoms with Crippen LogP contribution in [0.5, 0.6) is 0 Å². The Balaban J connectivity index is 2.67. The van der Waals surface area contributed by atoms with E-state index in [0.717, 1.165) is 20.9 Å². The molecule has 0 fully saturated rings. The maximum atomic E-state index is 11.7. The number of rotatable bonds is 2. The van der Waals surface area contributed by atoms with Crippen molar-refractivity contribution in [2.45, 2.75) is 13.8 Å². The molecule has 0 spiro atoms. The van der Waals surface area contributed by atoms with Gasteiger partial charge in [-0.3, -0.25) is 4.98 Å². The number of carbonyl (C=O) groups excluding carboxylic acids is 1. The minimum Gasteiger partial charge on any atom is -0.462 e. The standard InChI is InChI=1S/C13H13BrN2O2/c1-3-18-13(17)10-6-16-12-7(2)4-8(14)5-9(12)11(10)15/h4-6H,3H2,1-2H3,(H2,15,16). The summed E-state index contributed by atoms with van der Waals surface area (Å²) in [5.41, 5.74) is 8.54. The second-order valence-electron chi connectivity index (χ2n) is 3.92. The molecule has 18 heavy (non-hydrogen) atoms. The maximum Gasteiger partial charge on any atom is 0.341 e. The number of anilines is 1. The van der Waals surface area contributed by atoms with Gasteiger partial charge in [-0.1, -0.05) is 15.9 Å². The third-order valence-corrected chi connectivity index (χ3v) is 3.12. The van der Waals surface area contributed by atoms with Gasteiger partial charge >= 0.3 is 5.97 Å². The Bertz CT molecular complexity index is 626. The first-order chi connectivity index (χ1) is 8.54. The van der Waals surface area contributed by atoms with E-state index in [1.54, 1.807) is 6.92 Å². The van der Waals surface area contributed by atoms with Crippen molar-refractivity contribution in [1.82, 2.24) is 4.98 Å². The third-order valence-electron chi connectivity index (χ3n) is 2.66. The highest BCUT2D eigenvalue weighted by atomic mass is 79.9. The molecule has 0 aliphatic rings. The van der Waals surface area contributed by atoms with Crippen LogP contribution in [0.3, 0.4) is 0 Å². The van der Waals surface area contributed by atoms with E-state index in [-0.39, 0.29) is 0 Å². The normalized spacial score (nSPS) is 10.6. The molecule has 0 atom stereocenters. The van der Waals surface area contributed by atoms with E-state index in [9.17, 15) is 4.79 Å². The Kier molecular flexibility index (Phi) is 3.52. The molecular formula is C13H13BrN2O2. The van der Waals surface area contributed by atoms with Crippen molar-refractivity contribution in [3.05, 3.63) is 33.9 Å². The lowest BCUT2D eigenvalue weighted by Gasteiger charge is -2.09. The molecule has 0 radical (unpaired) electrons. The highest BCUT2D eigenvalue weighted by Crippen LogP contribution is 2.29. The van der Waals surface area contributed by atoms with E-state index in [1.165, 1.54) is 6.20 Å². The predicted molar refractivity (Wildman–Crippen MR) is 74.5 cm³/mol. The van der Waals surface area contributed by atoms with Crippen molar-refractivity contribution in [1.29, 1.82) is 0 Å². The van der Waals surface area contributed by atoms with Crippen LogP contribution >= 0.6 is 15.9 Å². The molecule has 1 heterocycles. The second kappa shape index (κ2) is 4.94. The number of esters is 1. The largest absolute Gasteiger partial charge is 0.462 e. The second-order valence-corrected chi connectivity index (χ2v) is 4.84. The first-order valence-electron chi connectivity index (χ1n) is 5.56. The monoisotopic (exact) mass is 308 g/mol. The summed E-state index contributed by atoms with van der Waals surface area (Å²) in [7, 11) is 0. The molecule has 0 saturated heterocycles. The zero-order valence-electron chi connectivity index (χ0n) is 10.2. The van der Waals surface area contributed by atoms with Crippen LogP contribution in [0.1, 0.15) is 22.8 Å². The van der Waals surface area contributed by atoms with Crippen molar-refractivity contribution in [2.24, 2.45) is 0 Å². The summed E-state index contributed by atoms with van der Waals surface area (Å²) in [4.78, 5) is 16.0. The molecule has 94 valence electrons. The first kappa shape index (κ1) is 12.8. The molecule has 2 rings (SSSR count). The van der Waals surface area contributed by atoms with Gasteiger partial charge in [0.15, 0.2) is 0 Å². The van der Waals surface area contributed by atoms with Crippen molar-refractivity contribution >= 4 is 38.5 Å². The molecular weight excluding hydrogens is 296 g/mol. The van der Waals surface area contributed by atoms with Crippen molar-refractivity contribution < 1.29 is 9.53 Å². The summed E-state index contributed by atoms with van der Waals surface area (Å²) in [6.45, 7) is 4.01. The fourth-order valence-electron chi connectivity index (χ4n) is 1.83. The number of nitrogens with two attached hydrogens (primary N) is 1. The van der Waals surface area contributed by atoms with E-state index < -0.39 is 5.97 Å². The number of hydrogen-bond donors (Lipinski definition) is 1. The average molecular weight is 309 g/mol. The molecule has 0 unspecified atom stereocenters. The number of carbonyl (C=O) groups is 1. The Labute approximate surface area is 113 Å². The fourth-order valence-corrected chi connectivity index (χ4v) is 2.40. The molecule has 1 aromatic carbocycles. The van der Waals surface area contributed by atoms with Crippen LogP contribution in [0.25, 0.3) is 10.9 Å². The Morgan fingerprint density at radius 1 is 1.50 bits per heavy atom. The molecule has 0 amide bonds. The predicted octanol–water partition coefficient (Wildman–Crippen LogP) is 3.06. The number of aryl methyl sites for hydroxylation is 1. The van der Waals surface area contributed by atoms with Crippen LogP contribution in [-0.4, -0.2) is 17.6 Å². The Morgan fingerprint density at radius 3 is 2.89 bits per heavy atom. The van der Waals surface area contributed by atoms with E-state index in [0.29, 0.717) is 17.9 Å². The minimum absolute atomic E-state index is 0.307. The van der Waals surface area contributed by atoms with Crippen LogP contribution in [0.2, 0.25) is 0 Å². The SMILES string of the molecule is CCOC(=O)c1cnc2c(C)cc(Br)cc2c1N. The summed E-state index contributed by atoms with van der Waals surface area (Å²) >= 11 is 3.41. The first-order valence-corrected chi connectivity index (χ1v) is 6.35. The number of pyridine rings is 1. The molecule has 1 aromatic heterocycles. The topological polar surface area (TPSA) is 65.2 Å². The maximum absolute atomic E-state index is 11.7. The van der Waals surface area contributed by atoms with Gasteiger partial charge in [0.05, 0.1) is 17.8 Å². The zero-order chi connectivity index (χ0) is 13.3. The molecule has 0 aliphatic heterocycles. The van der Waals surface area contributed by atoms with E-state index in [4.69, 9.17) is 10.5 Å². The highest BCUT2D eigenvalue weighted by Gasteiger charge is 2.15. The van der Waals surface area contributed by atoms with E-state index in [1.807, 2.05) is 19.1 Å². The van der Waals surface area contributed by atoms with Crippen molar-refractivity contribution in [3.63, 3.8) is 0 Å². The third kappa shape index (κ3) is 2.18. The molecule has 4 nitrogen and oxygen atoms in total. The van der Waals surface area contributed by atoms with Crippen molar-refractivity contribution in [2.75, 3.05) is 12.3 Å². The smallest absolute Gasteiger partial charge is 0.341 e. The number of hydrogen-bond acceptors (Lipinski definition) is 4. The summed E-state index contributed by atoms with van der Waals surface area (Å²) in [5, 5.41) is 0.757. The molecule has 0 saturated carbocycles. The lowest BCUT2D eigenvalue weighted by Crippen LogP contribution is -2.09. The summed E-state index contributed by atoms with van der Waals surface area (Å²) in [5.74, 6) is -0.443. The van der Waals surface area contributed by atoms with Gasteiger partial charge in [0.25, 0.3) is 0 Å². The van der Waals surface area contributed by atoms with Crippen LogP contribution in [-0.2, 0) is 4.74 Å². The molecule has 5 heteroatoms. The van der Waals surface area contributed by atoms with Gasteiger partial charge < -0.3 is 10.5 Å². The number of fused-ring (bicyclic) bond motifs is 1. The van der Waals surface area contributed by atoms with Gasteiger partial charge in [-0.25, -0.2) is 4.79 Å². The van der Waals surface area contributed by atoms with Crippen LogP contribution in [0.15, 0.2) is 22.8 Å². The Morgan fingerprint density at radius 2 is 2.22 bits per heavy atom. The van der Waals surface area contributed by atoms with Crippen LogP contribution in [0.4, 0.5) is 5.69 Å². The number of ether oxygens (including phenoxy) is 1. The van der Waals surface area contributed by atoms with Gasteiger partial charge in [-0.15, -0.1) is 0 Å². The summed E-state index contributed by atoms with van der Waals surface area (Å²) in [6.07, 6.45) is 1.47. The fraction of sp³-hybridized carbons (Fsp3) is 0.231. The van der Waals surface area contributed by atoms with Gasteiger partial charge in [-0.05, 0) is 31.5 Å². The number of benzene rings is 1. The molecule has 0 aliphatic carbocycles. The summed E-state index contributed by atoms with van der Waals surface area (Å²) < 4.78 is 5.85. The average Bonchev–Trinajstić information content (AvgIpc) is 2.30. The molecule has 2 aromatic rings. The molecule has 2 N–H and O–H groups in total. The highest BCUT2D eigenvalue weighted by molar-refractivity contribution is 9.10. The minimum atomic E-state index is -0.443. The van der Waals surface area contributed by atoms with Crippen LogP contribution < -0.4 is 5.73 Å². The van der Waals surface area contributed by atoms with E-state index in [2.05, 4.69) is 20.9 Å². The number of halogens is 1. The Hall–Kier alpha value is -1.62. The van der Waals surface area contributed by atoms with Crippen LogP contribution in [0, 0.1) is 6.92 Å². The zero-order valence-corrected chi connectivity index (χ0v) is 11.7. The number of aromatic nitrogens is 1.